The molecule has 0 aliphatic carbocycles. The number of nitrogens with zero attached hydrogens (tertiary/aromatic N) is 2. The summed E-state index contributed by atoms with van der Waals surface area (Å²) in [5.41, 5.74) is 2.77. The van der Waals surface area contributed by atoms with Crippen LogP contribution in [0.25, 0.3) is 0 Å². The molecule has 4 rings (SSSR count). The third-order valence-corrected chi connectivity index (χ3v) is 10.3. The Labute approximate surface area is 236 Å². The van der Waals surface area contributed by atoms with Crippen LogP contribution in [0.15, 0.2) is 43.5 Å². The molecule has 1 aromatic carbocycles. The van der Waals surface area contributed by atoms with E-state index in [-0.39, 0.29) is 48.7 Å². The molecule has 7 nitrogen and oxygen atoms in total. The van der Waals surface area contributed by atoms with Crippen molar-refractivity contribution in [3.63, 3.8) is 0 Å². The topological polar surface area (TPSA) is 87.2 Å². The molecular weight excluding hydrogens is 512 g/mol. The van der Waals surface area contributed by atoms with Crippen LogP contribution in [0.5, 0.6) is 0 Å². The second-order valence-electron chi connectivity index (χ2n) is 11.5. The summed E-state index contributed by atoms with van der Waals surface area (Å²) >= 11 is 1.62. The van der Waals surface area contributed by atoms with Gasteiger partial charge in [0.1, 0.15) is 6.04 Å². The normalized spacial score (nSPS) is 27.9. The van der Waals surface area contributed by atoms with Gasteiger partial charge < -0.3 is 19.6 Å². The maximum Gasteiger partial charge on any atom is 0.310 e. The number of esters is 1. The highest BCUT2D eigenvalue weighted by atomic mass is 32.2. The van der Waals surface area contributed by atoms with Crippen LogP contribution < -0.4 is 4.90 Å². The first-order valence-corrected chi connectivity index (χ1v) is 14.9. The largest absolute Gasteiger partial charge is 0.465 e. The van der Waals surface area contributed by atoms with Crippen LogP contribution in [0.1, 0.15) is 50.7 Å². The predicted molar refractivity (Wildman–Crippen MR) is 156 cm³/mol. The van der Waals surface area contributed by atoms with Crippen LogP contribution >= 0.6 is 11.8 Å². The molecule has 0 radical (unpaired) electrons. The van der Waals surface area contributed by atoms with E-state index >= 15 is 0 Å². The first-order valence-electron chi connectivity index (χ1n) is 14.0. The number of ether oxygens (including phenoxy) is 1. The van der Waals surface area contributed by atoms with Crippen LogP contribution in [0, 0.1) is 31.6 Å². The number of likely N-dealkylation sites (tertiary alicyclic amines) is 1. The molecule has 1 spiro atoms. The van der Waals surface area contributed by atoms with Gasteiger partial charge in [0.05, 0.1) is 35.8 Å². The lowest BCUT2D eigenvalue weighted by molar-refractivity contribution is -0.154. The molecule has 2 amide bonds. The zero-order valence-corrected chi connectivity index (χ0v) is 24.4. The van der Waals surface area contributed by atoms with Crippen molar-refractivity contribution >= 4 is 35.2 Å². The smallest absolute Gasteiger partial charge is 0.310 e. The van der Waals surface area contributed by atoms with E-state index in [2.05, 4.69) is 13.2 Å². The van der Waals surface area contributed by atoms with Crippen molar-refractivity contribution in [1.29, 1.82) is 0 Å². The molecule has 3 aliphatic rings. The number of benzene rings is 1. The molecule has 39 heavy (non-hydrogen) atoms. The number of carbonyl (C=O) groups is 3. The first kappa shape index (κ1) is 29.4. The Morgan fingerprint density at radius 2 is 2.03 bits per heavy atom. The minimum atomic E-state index is -0.799. The number of hydrogen-bond acceptors (Lipinski definition) is 6. The molecule has 2 unspecified atom stereocenters. The Kier molecular flexibility index (Phi) is 8.96. The fraction of sp³-hybridized carbons (Fsp3) is 0.581. The number of anilines is 1. The lowest BCUT2D eigenvalue weighted by Crippen LogP contribution is -2.58. The van der Waals surface area contributed by atoms with Crippen LogP contribution in [0.3, 0.4) is 0 Å². The number of carbonyl (C=O) groups excluding carboxylic acids is 3. The van der Waals surface area contributed by atoms with E-state index in [4.69, 9.17) is 4.74 Å². The van der Waals surface area contributed by atoms with Crippen molar-refractivity contribution in [3.05, 3.63) is 54.6 Å². The monoisotopic (exact) mass is 554 g/mol. The molecule has 0 saturated carbocycles. The Balaban J connectivity index is 1.81. The van der Waals surface area contributed by atoms with Gasteiger partial charge in [0.2, 0.25) is 5.91 Å². The van der Waals surface area contributed by atoms with Gasteiger partial charge in [-0.25, -0.2) is 0 Å². The fourth-order valence-corrected chi connectivity index (χ4v) is 8.97. The number of aliphatic hydroxyl groups is 1. The molecular formula is C31H42N2O5S. The number of aryl methyl sites for hydroxylation is 2. The molecule has 212 valence electrons. The van der Waals surface area contributed by atoms with Gasteiger partial charge in [0.25, 0.3) is 5.91 Å². The summed E-state index contributed by atoms with van der Waals surface area (Å²) in [5.74, 6) is -1.83. The Bertz CT molecular complexity index is 1140. The summed E-state index contributed by atoms with van der Waals surface area (Å²) in [5, 5.41) is 10.4. The maximum atomic E-state index is 14.7. The summed E-state index contributed by atoms with van der Waals surface area (Å²) in [6.45, 7) is 15.9. The maximum absolute atomic E-state index is 14.7. The lowest BCUT2D eigenvalue weighted by atomic mass is 9.71. The Morgan fingerprint density at radius 3 is 2.67 bits per heavy atom. The standard InChI is InChI=1S/C31H42N2O5S/c1-7-9-15-38-30(37)25-24-12-13-31(39-24)26(25)28(35)33(22(18-34)16-19(3)4)27(31)29(36)32(14-8-2)23-17-20(5)10-11-21(23)6/h7-8,10-11,17,19,22,24-27,34H,1-2,9,12-16,18H2,3-6H3/t22-,24+,25-,26+,27?,31?/m1/s1. The molecule has 0 aromatic heterocycles. The summed E-state index contributed by atoms with van der Waals surface area (Å²) in [4.78, 5) is 45.8. The highest BCUT2D eigenvalue weighted by Gasteiger charge is 2.74. The van der Waals surface area contributed by atoms with Crippen LogP contribution in [0.2, 0.25) is 0 Å². The van der Waals surface area contributed by atoms with E-state index in [1.807, 2.05) is 45.9 Å². The van der Waals surface area contributed by atoms with E-state index in [0.717, 1.165) is 23.2 Å². The van der Waals surface area contributed by atoms with Gasteiger partial charge in [0.15, 0.2) is 0 Å². The first-order chi connectivity index (χ1) is 18.6. The summed E-state index contributed by atoms with van der Waals surface area (Å²) in [6, 6.07) is 4.67. The van der Waals surface area contributed by atoms with E-state index in [1.165, 1.54) is 0 Å². The fourth-order valence-electron chi connectivity index (χ4n) is 6.78. The molecule has 3 heterocycles. The minimum absolute atomic E-state index is 0.0705. The average Bonchev–Trinajstić information content (AvgIpc) is 3.54. The number of thioether (sulfide) groups is 1. The zero-order valence-electron chi connectivity index (χ0n) is 23.6. The number of amides is 2. The molecule has 1 N–H and O–H groups in total. The molecule has 3 aliphatic heterocycles. The van der Waals surface area contributed by atoms with Crippen molar-refractivity contribution in [2.75, 3.05) is 24.7 Å². The van der Waals surface area contributed by atoms with Crippen molar-refractivity contribution in [1.82, 2.24) is 4.90 Å². The molecule has 2 bridgehead atoms. The molecule has 3 saturated heterocycles. The lowest BCUT2D eigenvalue weighted by Gasteiger charge is -2.40. The van der Waals surface area contributed by atoms with Crippen LogP contribution in [-0.2, 0) is 19.1 Å². The predicted octanol–water partition coefficient (Wildman–Crippen LogP) is 4.44. The van der Waals surface area contributed by atoms with Gasteiger partial charge in [-0.3, -0.25) is 14.4 Å². The van der Waals surface area contributed by atoms with Gasteiger partial charge in [-0.1, -0.05) is 38.1 Å². The second-order valence-corrected chi connectivity index (χ2v) is 13.1. The summed E-state index contributed by atoms with van der Waals surface area (Å²) in [7, 11) is 0. The third-order valence-electron chi connectivity index (χ3n) is 8.39. The van der Waals surface area contributed by atoms with E-state index in [0.29, 0.717) is 19.3 Å². The highest BCUT2D eigenvalue weighted by Crippen LogP contribution is 2.67. The third kappa shape index (κ3) is 5.18. The van der Waals surface area contributed by atoms with Crippen molar-refractivity contribution in [2.45, 2.75) is 75.5 Å². The van der Waals surface area contributed by atoms with Gasteiger partial charge in [-0.15, -0.1) is 24.9 Å². The van der Waals surface area contributed by atoms with Gasteiger partial charge >= 0.3 is 5.97 Å². The Morgan fingerprint density at radius 1 is 1.28 bits per heavy atom. The Hall–Kier alpha value is -2.58. The number of aliphatic hydroxyl groups excluding tert-OH is 1. The highest BCUT2D eigenvalue weighted by molar-refractivity contribution is 8.02. The van der Waals surface area contributed by atoms with E-state index in [1.54, 1.807) is 33.7 Å². The van der Waals surface area contributed by atoms with E-state index in [9.17, 15) is 19.5 Å². The quantitative estimate of drug-likeness (QED) is 0.234. The second kappa shape index (κ2) is 11.9. The molecule has 3 fully saturated rings. The molecule has 1 aromatic rings. The summed E-state index contributed by atoms with van der Waals surface area (Å²) in [6.07, 6.45) is 5.90. The van der Waals surface area contributed by atoms with Crippen molar-refractivity contribution in [2.24, 2.45) is 17.8 Å². The minimum Gasteiger partial charge on any atom is -0.465 e. The average molecular weight is 555 g/mol. The molecule has 6 atom stereocenters. The number of hydrogen-bond donors (Lipinski definition) is 1. The van der Waals surface area contributed by atoms with Crippen molar-refractivity contribution < 1.29 is 24.2 Å². The summed E-state index contributed by atoms with van der Waals surface area (Å²) < 4.78 is 4.84. The zero-order chi connectivity index (χ0) is 28.5. The SMILES string of the molecule is C=CCCOC(=O)[C@@H]1[C@@H]2CCC3(S2)C(C(=O)N(CC=C)c2cc(C)ccc2C)N([C@@H](CO)CC(C)C)C(=O)[C@H]13. The molecule has 8 heteroatoms. The van der Waals surface area contributed by atoms with Gasteiger partial charge in [0, 0.05) is 17.5 Å². The van der Waals surface area contributed by atoms with Gasteiger partial charge in [-0.2, -0.15) is 0 Å². The van der Waals surface area contributed by atoms with E-state index < -0.39 is 28.7 Å². The number of fused-ring (bicyclic) bond motifs is 1. The number of rotatable bonds is 12. The van der Waals surface area contributed by atoms with Crippen LogP contribution in [-0.4, -0.2) is 69.6 Å². The van der Waals surface area contributed by atoms with Crippen molar-refractivity contribution in [3.8, 4) is 0 Å². The van der Waals surface area contributed by atoms with Gasteiger partial charge in [-0.05, 0) is 62.6 Å². The van der Waals surface area contributed by atoms with Crippen LogP contribution in [0.4, 0.5) is 5.69 Å².